The van der Waals surface area contributed by atoms with Crippen LogP contribution in [0.25, 0.3) is 0 Å². The predicted molar refractivity (Wildman–Crippen MR) is 116 cm³/mol. The van der Waals surface area contributed by atoms with E-state index in [1.165, 1.54) is 0 Å². The normalized spacial score (nSPS) is 15.5. The van der Waals surface area contributed by atoms with Crippen molar-refractivity contribution in [3.05, 3.63) is 53.6 Å². The molecule has 1 fully saturated rings. The van der Waals surface area contributed by atoms with Crippen LogP contribution in [0.3, 0.4) is 0 Å². The molecule has 0 aliphatic carbocycles. The molecule has 1 heterocycles. The topological polar surface area (TPSA) is 74.3 Å². The number of rotatable bonds is 9. The van der Waals surface area contributed by atoms with E-state index in [4.69, 9.17) is 18.9 Å². The Bertz CT molecular complexity index is 895. The molecular formula is C24H29NO6. The molecule has 0 aromatic heterocycles. The number of carbonyl (C=O) groups excluding carboxylic acids is 2. The zero-order chi connectivity index (χ0) is 22.2. The molecule has 1 aliphatic heterocycles. The second kappa shape index (κ2) is 10.7. The second-order valence-corrected chi connectivity index (χ2v) is 7.30. The maximum absolute atomic E-state index is 12.8. The number of esters is 1. The van der Waals surface area contributed by atoms with E-state index in [1.807, 2.05) is 25.1 Å². The maximum Gasteiger partial charge on any atom is 0.338 e. The van der Waals surface area contributed by atoms with Crippen LogP contribution in [0.5, 0.6) is 17.2 Å². The van der Waals surface area contributed by atoms with Gasteiger partial charge in [0.2, 0.25) is 0 Å². The molecule has 1 atom stereocenters. The Balaban J connectivity index is 1.63. The van der Waals surface area contributed by atoms with E-state index in [-0.39, 0.29) is 18.6 Å². The largest absolute Gasteiger partial charge is 0.497 e. The van der Waals surface area contributed by atoms with Gasteiger partial charge >= 0.3 is 5.97 Å². The number of benzene rings is 2. The highest BCUT2D eigenvalue weighted by Gasteiger charge is 2.32. The van der Waals surface area contributed by atoms with Crippen molar-refractivity contribution in [1.29, 1.82) is 0 Å². The Kier molecular flexibility index (Phi) is 7.76. The van der Waals surface area contributed by atoms with Crippen LogP contribution in [0.1, 0.15) is 48.1 Å². The van der Waals surface area contributed by atoms with Crippen molar-refractivity contribution in [3.63, 3.8) is 0 Å². The molecule has 1 saturated heterocycles. The Morgan fingerprint density at radius 1 is 1.03 bits per heavy atom. The Hall–Kier alpha value is -3.22. The number of ether oxygens (including phenoxy) is 4. The lowest BCUT2D eigenvalue weighted by molar-refractivity contribution is -0.135. The molecule has 3 rings (SSSR count). The predicted octanol–water partition coefficient (Wildman–Crippen LogP) is 4.01. The van der Waals surface area contributed by atoms with Crippen molar-refractivity contribution >= 4 is 11.9 Å². The summed E-state index contributed by atoms with van der Waals surface area (Å²) in [7, 11) is 3.21. The highest BCUT2D eigenvalue weighted by molar-refractivity contribution is 5.91. The Morgan fingerprint density at radius 2 is 1.77 bits per heavy atom. The maximum atomic E-state index is 12.8. The second-order valence-electron chi connectivity index (χ2n) is 7.30. The van der Waals surface area contributed by atoms with Gasteiger partial charge in [0, 0.05) is 12.1 Å². The van der Waals surface area contributed by atoms with Crippen LogP contribution in [0, 0.1) is 0 Å². The minimum Gasteiger partial charge on any atom is -0.497 e. The molecule has 1 aliphatic rings. The molecular weight excluding hydrogens is 398 g/mol. The number of hydrogen-bond donors (Lipinski definition) is 0. The lowest BCUT2D eigenvalue weighted by Crippen LogP contribution is -2.34. The van der Waals surface area contributed by atoms with Gasteiger partial charge < -0.3 is 23.8 Å². The van der Waals surface area contributed by atoms with E-state index >= 15 is 0 Å². The van der Waals surface area contributed by atoms with Gasteiger partial charge in [-0.1, -0.05) is 6.92 Å². The number of nitrogens with zero attached hydrogens (tertiary/aromatic N) is 1. The van der Waals surface area contributed by atoms with Crippen molar-refractivity contribution < 1.29 is 28.5 Å². The summed E-state index contributed by atoms with van der Waals surface area (Å²) in [5.74, 6) is 1.33. The van der Waals surface area contributed by atoms with Crippen LogP contribution in [0.15, 0.2) is 42.5 Å². The molecule has 1 amide bonds. The van der Waals surface area contributed by atoms with Gasteiger partial charge in [-0.25, -0.2) is 4.79 Å². The quantitative estimate of drug-likeness (QED) is 0.563. The van der Waals surface area contributed by atoms with Gasteiger partial charge in [0.25, 0.3) is 5.91 Å². The van der Waals surface area contributed by atoms with Crippen LogP contribution in [0.4, 0.5) is 0 Å². The average molecular weight is 427 g/mol. The minimum atomic E-state index is -0.537. The highest BCUT2D eigenvalue weighted by Crippen LogP contribution is 2.38. The minimum absolute atomic E-state index is 0.147. The fraction of sp³-hybridized carbons (Fsp3) is 0.417. The number of methoxy groups -OCH3 is 2. The van der Waals surface area contributed by atoms with Gasteiger partial charge in [0.1, 0.15) is 17.2 Å². The molecule has 0 radical (unpaired) electrons. The molecule has 0 N–H and O–H groups in total. The Labute approximate surface area is 182 Å². The summed E-state index contributed by atoms with van der Waals surface area (Å²) in [5.41, 5.74) is 1.27. The average Bonchev–Trinajstić information content (AvgIpc) is 3.30. The summed E-state index contributed by atoms with van der Waals surface area (Å²) in [5, 5.41) is 0. The zero-order valence-corrected chi connectivity index (χ0v) is 18.3. The molecule has 7 heteroatoms. The fourth-order valence-electron chi connectivity index (χ4n) is 3.69. The molecule has 31 heavy (non-hydrogen) atoms. The molecule has 7 nitrogen and oxygen atoms in total. The van der Waals surface area contributed by atoms with Gasteiger partial charge in [0.05, 0.1) is 32.4 Å². The van der Waals surface area contributed by atoms with Gasteiger partial charge in [-0.3, -0.25) is 4.79 Å². The molecule has 166 valence electrons. The van der Waals surface area contributed by atoms with E-state index in [1.54, 1.807) is 43.4 Å². The molecule has 0 spiro atoms. The number of carbonyl (C=O) groups is 2. The summed E-state index contributed by atoms with van der Waals surface area (Å²) in [6, 6.07) is 12.1. The fourth-order valence-corrected chi connectivity index (χ4v) is 3.69. The van der Waals surface area contributed by atoms with E-state index in [2.05, 4.69) is 0 Å². The third-order valence-electron chi connectivity index (χ3n) is 5.26. The third-order valence-corrected chi connectivity index (χ3v) is 5.26. The summed E-state index contributed by atoms with van der Waals surface area (Å²) in [6.45, 7) is 2.94. The number of hydrogen-bond acceptors (Lipinski definition) is 6. The molecule has 0 unspecified atom stereocenters. The highest BCUT2D eigenvalue weighted by atomic mass is 16.5. The van der Waals surface area contributed by atoms with Crippen LogP contribution >= 0.6 is 0 Å². The van der Waals surface area contributed by atoms with E-state index < -0.39 is 5.97 Å². The van der Waals surface area contributed by atoms with Gasteiger partial charge in [0.15, 0.2) is 6.61 Å². The lowest BCUT2D eigenvalue weighted by Gasteiger charge is -2.26. The molecule has 2 aromatic rings. The van der Waals surface area contributed by atoms with E-state index in [9.17, 15) is 9.59 Å². The summed E-state index contributed by atoms with van der Waals surface area (Å²) >= 11 is 0. The van der Waals surface area contributed by atoms with Crippen LogP contribution in [0.2, 0.25) is 0 Å². The lowest BCUT2D eigenvalue weighted by atomic mass is 10.0. The number of likely N-dealkylation sites (tertiary alicyclic amines) is 1. The van der Waals surface area contributed by atoms with Crippen molar-refractivity contribution in [2.75, 3.05) is 34.0 Å². The first-order valence-corrected chi connectivity index (χ1v) is 10.5. The molecule has 2 aromatic carbocycles. The van der Waals surface area contributed by atoms with E-state index in [0.717, 1.165) is 24.8 Å². The Morgan fingerprint density at radius 3 is 2.45 bits per heavy atom. The van der Waals surface area contributed by atoms with Crippen molar-refractivity contribution in [1.82, 2.24) is 4.90 Å². The third kappa shape index (κ3) is 5.48. The standard InChI is InChI=1S/C24H29NO6/c1-4-14-30-18-9-7-17(8-10-18)24(27)31-16-23(26)25-13-5-6-21(25)20-15-19(28-2)11-12-22(20)29-3/h7-12,15,21H,4-6,13-14,16H2,1-3H3/t21-/m1/s1. The van der Waals surface area contributed by atoms with Gasteiger partial charge in [-0.05, 0) is 61.7 Å². The van der Waals surface area contributed by atoms with Crippen LogP contribution in [-0.4, -0.2) is 50.8 Å². The first-order valence-electron chi connectivity index (χ1n) is 10.5. The summed E-state index contributed by atoms with van der Waals surface area (Å²) in [6.07, 6.45) is 2.58. The SMILES string of the molecule is CCCOc1ccc(C(=O)OCC(=O)N2CCC[C@@H]2c2cc(OC)ccc2OC)cc1. The molecule has 0 saturated carbocycles. The summed E-state index contributed by atoms with van der Waals surface area (Å²) in [4.78, 5) is 26.9. The first kappa shape index (κ1) is 22.5. The van der Waals surface area contributed by atoms with Crippen molar-refractivity contribution in [3.8, 4) is 17.2 Å². The monoisotopic (exact) mass is 427 g/mol. The van der Waals surface area contributed by atoms with E-state index in [0.29, 0.717) is 36.0 Å². The first-order chi connectivity index (χ1) is 15.1. The van der Waals surface area contributed by atoms with Gasteiger partial charge in [-0.15, -0.1) is 0 Å². The van der Waals surface area contributed by atoms with Crippen molar-refractivity contribution in [2.45, 2.75) is 32.2 Å². The summed E-state index contributed by atoms with van der Waals surface area (Å²) < 4.78 is 21.6. The molecule has 0 bridgehead atoms. The van der Waals surface area contributed by atoms with Crippen LogP contribution in [-0.2, 0) is 9.53 Å². The van der Waals surface area contributed by atoms with Crippen LogP contribution < -0.4 is 14.2 Å². The van der Waals surface area contributed by atoms with Gasteiger partial charge in [-0.2, -0.15) is 0 Å². The van der Waals surface area contributed by atoms with Crippen molar-refractivity contribution in [2.24, 2.45) is 0 Å². The smallest absolute Gasteiger partial charge is 0.338 e. The zero-order valence-electron chi connectivity index (χ0n) is 18.3. The number of amides is 1.